The van der Waals surface area contributed by atoms with Crippen LogP contribution in [0.1, 0.15) is 25.8 Å². The number of nitrogens with zero attached hydrogens (tertiary/aromatic N) is 1. The molecule has 1 heterocycles. The molecule has 1 aromatic rings. The van der Waals surface area contributed by atoms with Crippen molar-refractivity contribution in [2.45, 2.75) is 37.6 Å². The molecular weight excluding hydrogens is 260 g/mol. The number of hydrogen-bond donors (Lipinski definition) is 1. The van der Waals surface area contributed by atoms with Crippen molar-refractivity contribution in [3.8, 4) is 0 Å². The molecule has 0 aliphatic carbocycles. The average Bonchev–Trinajstić information content (AvgIpc) is 2.76. The maximum atomic E-state index is 12.4. The summed E-state index contributed by atoms with van der Waals surface area (Å²) in [4.78, 5) is 0.370. The molecule has 0 unspecified atom stereocenters. The number of nitrogens with two attached hydrogens (primary N) is 1. The van der Waals surface area contributed by atoms with Crippen LogP contribution in [0.4, 0.5) is 0 Å². The fourth-order valence-corrected chi connectivity index (χ4v) is 3.90. The van der Waals surface area contributed by atoms with Gasteiger partial charge in [0.05, 0.1) is 4.90 Å². The highest BCUT2D eigenvalue weighted by Gasteiger charge is 2.30. The summed E-state index contributed by atoms with van der Waals surface area (Å²) in [6.07, 6.45) is 1.71. The first-order chi connectivity index (χ1) is 8.89. The molecule has 19 heavy (non-hydrogen) atoms. The van der Waals surface area contributed by atoms with Crippen molar-refractivity contribution in [3.05, 3.63) is 29.8 Å². The van der Waals surface area contributed by atoms with E-state index in [1.165, 1.54) is 9.87 Å². The first kappa shape index (κ1) is 14.5. The van der Waals surface area contributed by atoms with Gasteiger partial charge >= 0.3 is 0 Å². The van der Waals surface area contributed by atoms with E-state index in [2.05, 4.69) is 13.8 Å². The molecule has 0 radical (unpaired) electrons. The Morgan fingerprint density at radius 1 is 1.32 bits per heavy atom. The van der Waals surface area contributed by atoms with Crippen LogP contribution in [0.15, 0.2) is 29.2 Å². The fourth-order valence-electron chi connectivity index (χ4n) is 2.39. The van der Waals surface area contributed by atoms with E-state index < -0.39 is 10.0 Å². The fraction of sp³-hybridized carbons (Fsp3) is 0.571. The largest absolute Gasteiger partial charge is 0.326 e. The highest BCUT2D eigenvalue weighted by molar-refractivity contribution is 7.89. The van der Waals surface area contributed by atoms with E-state index in [4.69, 9.17) is 5.73 Å². The Morgan fingerprint density at radius 3 is 2.42 bits per heavy atom. The van der Waals surface area contributed by atoms with Crippen molar-refractivity contribution in [2.24, 2.45) is 11.7 Å². The lowest BCUT2D eigenvalue weighted by molar-refractivity contribution is 0.472. The summed E-state index contributed by atoms with van der Waals surface area (Å²) in [6, 6.07) is 7.19. The van der Waals surface area contributed by atoms with Crippen molar-refractivity contribution in [2.75, 3.05) is 13.1 Å². The summed E-state index contributed by atoms with van der Waals surface area (Å²) >= 11 is 0. The van der Waals surface area contributed by atoms with Crippen LogP contribution >= 0.6 is 0 Å². The van der Waals surface area contributed by atoms with Crippen LogP contribution in [0.25, 0.3) is 0 Å². The summed E-state index contributed by atoms with van der Waals surface area (Å²) in [6.45, 7) is 5.25. The number of benzene rings is 1. The lowest BCUT2D eigenvalue weighted by Gasteiger charge is -2.16. The maximum absolute atomic E-state index is 12.4. The van der Waals surface area contributed by atoms with Crippen LogP contribution in [-0.4, -0.2) is 31.9 Å². The molecule has 1 aliphatic heterocycles. The van der Waals surface area contributed by atoms with Crippen LogP contribution in [0.5, 0.6) is 0 Å². The van der Waals surface area contributed by atoms with Crippen LogP contribution in [-0.2, 0) is 16.4 Å². The minimum Gasteiger partial charge on any atom is -0.326 e. The number of hydrogen-bond acceptors (Lipinski definition) is 3. The molecule has 4 nitrogen and oxygen atoms in total. The van der Waals surface area contributed by atoms with Gasteiger partial charge in [-0.1, -0.05) is 26.0 Å². The number of rotatable bonds is 4. The van der Waals surface area contributed by atoms with E-state index in [0.29, 0.717) is 23.9 Å². The molecule has 0 bridgehead atoms. The molecule has 1 saturated heterocycles. The van der Waals surface area contributed by atoms with Crippen molar-refractivity contribution >= 4 is 10.0 Å². The SMILES string of the molecule is CC(C)Cc1ccc(S(=O)(=O)N2CC[C@H](N)C2)cc1. The minimum atomic E-state index is -3.36. The van der Waals surface area contributed by atoms with Gasteiger partial charge in [-0.15, -0.1) is 0 Å². The normalized spacial score (nSPS) is 21.2. The third kappa shape index (κ3) is 3.35. The molecule has 0 amide bonds. The van der Waals surface area contributed by atoms with E-state index in [1.807, 2.05) is 12.1 Å². The zero-order valence-electron chi connectivity index (χ0n) is 11.5. The molecule has 1 fully saturated rings. The van der Waals surface area contributed by atoms with Crippen LogP contribution in [0.3, 0.4) is 0 Å². The standard InChI is InChI=1S/C14H22N2O2S/c1-11(2)9-12-3-5-14(6-4-12)19(17,18)16-8-7-13(15)10-16/h3-6,11,13H,7-10,15H2,1-2H3/t13-/m0/s1. The van der Waals surface area contributed by atoms with Gasteiger partial charge < -0.3 is 5.73 Å². The van der Waals surface area contributed by atoms with E-state index in [9.17, 15) is 8.42 Å². The van der Waals surface area contributed by atoms with Crippen molar-refractivity contribution < 1.29 is 8.42 Å². The van der Waals surface area contributed by atoms with Gasteiger partial charge in [0.2, 0.25) is 10.0 Å². The second-order valence-electron chi connectivity index (χ2n) is 5.65. The first-order valence-electron chi connectivity index (χ1n) is 6.74. The Labute approximate surface area is 115 Å². The van der Waals surface area contributed by atoms with Crippen LogP contribution in [0.2, 0.25) is 0 Å². The summed E-state index contributed by atoms with van der Waals surface area (Å²) in [7, 11) is -3.36. The van der Waals surface area contributed by atoms with Gasteiger partial charge in [0, 0.05) is 19.1 Å². The first-order valence-corrected chi connectivity index (χ1v) is 8.18. The Morgan fingerprint density at radius 2 is 1.95 bits per heavy atom. The second-order valence-corrected chi connectivity index (χ2v) is 7.59. The van der Waals surface area contributed by atoms with Crippen LogP contribution in [0, 0.1) is 5.92 Å². The predicted molar refractivity (Wildman–Crippen MR) is 76.3 cm³/mol. The average molecular weight is 282 g/mol. The Bertz CT molecular complexity index is 523. The van der Waals surface area contributed by atoms with Gasteiger partial charge in [0.15, 0.2) is 0 Å². The van der Waals surface area contributed by atoms with Gasteiger partial charge in [-0.3, -0.25) is 0 Å². The van der Waals surface area contributed by atoms with E-state index in [0.717, 1.165) is 12.8 Å². The highest BCUT2D eigenvalue weighted by Crippen LogP contribution is 2.21. The molecule has 0 aromatic heterocycles. The number of sulfonamides is 1. The molecular formula is C14H22N2O2S. The Balaban J connectivity index is 2.17. The topological polar surface area (TPSA) is 63.4 Å². The van der Waals surface area contributed by atoms with Crippen molar-refractivity contribution in [3.63, 3.8) is 0 Å². The van der Waals surface area contributed by atoms with Crippen LogP contribution < -0.4 is 5.73 Å². The van der Waals surface area contributed by atoms with Gasteiger partial charge in [-0.25, -0.2) is 8.42 Å². The van der Waals surface area contributed by atoms with E-state index in [-0.39, 0.29) is 6.04 Å². The smallest absolute Gasteiger partial charge is 0.243 e. The predicted octanol–water partition coefficient (Wildman–Crippen LogP) is 1.61. The monoisotopic (exact) mass is 282 g/mol. The molecule has 2 N–H and O–H groups in total. The summed E-state index contributed by atoms with van der Waals surface area (Å²) in [5, 5.41) is 0. The van der Waals surface area contributed by atoms with E-state index >= 15 is 0 Å². The van der Waals surface area contributed by atoms with Crippen molar-refractivity contribution in [1.29, 1.82) is 0 Å². The lowest BCUT2D eigenvalue weighted by atomic mass is 10.0. The lowest BCUT2D eigenvalue weighted by Crippen LogP contribution is -2.31. The molecule has 5 heteroatoms. The zero-order valence-corrected chi connectivity index (χ0v) is 12.4. The summed E-state index contributed by atoms with van der Waals surface area (Å²) in [5.41, 5.74) is 6.95. The Kier molecular flexibility index (Phi) is 4.28. The quantitative estimate of drug-likeness (QED) is 0.912. The minimum absolute atomic E-state index is 0.0324. The summed E-state index contributed by atoms with van der Waals surface area (Å²) < 4.78 is 26.2. The van der Waals surface area contributed by atoms with Crippen molar-refractivity contribution in [1.82, 2.24) is 4.31 Å². The second kappa shape index (κ2) is 5.61. The molecule has 0 spiro atoms. The molecule has 2 rings (SSSR count). The highest BCUT2D eigenvalue weighted by atomic mass is 32.2. The molecule has 1 aromatic carbocycles. The third-order valence-corrected chi connectivity index (χ3v) is 5.27. The molecule has 106 valence electrons. The van der Waals surface area contributed by atoms with E-state index in [1.54, 1.807) is 12.1 Å². The third-order valence-electron chi connectivity index (χ3n) is 3.39. The van der Waals surface area contributed by atoms with Gasteiger partial charge in [0.25, 0.3) is 0 Å². The van der Waals surface area contributed by atoms with Gasteiger partial charge in [-0.05, 0) is 36.5 Å². The molecule has 0 saturated carbocycles. The van der Waals surface area contributed by atoms with Gasteiger partial charge in [0.1, 0.15) is 0 Å². The molecule has 1 aliphatic rings. The maximum Gasteiger partial charge on any atom is 0.243 e. The zero-order chi connectivity index (χ0) is 14.0. The summed E-state index contributed by atoms with van der Waals surface area (Å²) in [5.74, 6) is 0.569. The van der Waals surface area contributed by atoms with Gasteiger partial charge in [-0.2, -0.15) is 4.31 Å². The Hall–Kier alpha value is -0.910. The molecule has 1 atom stereocenters.